The van der Waals surface area contributed by atoms with Crippen LogP contribution in [0, 0.1) is 0 Å². The molecule has 15 heavy (non-hydrogen) atoms. The monoisotopic (exact) mass is 219 g/mol. The van der Waals surface area contributed by atoms with Crippen molar-refractivity contribution in [3.63, 3.8) is 0 Å². The van der Waals surface area contributed by atoms with E-state index in [9.17, 15) is 0 Å². The lowest BCUT2D eigenvalue weighted by atomic mass is 10.3. The summed E-state index contributed by atoms with van der Waals surface area (Å²) in [6.45, 7) is 0. The van der Waals surface area contributed by atoms with Crippen LogP contribution in [0.1, 0.15) is 17.7 Å². The Morgan fingerprint density at radius 1 is 1.33 bits per heavy atom. The molecule has 0 spiro atoms. The molecule has 0 saturated carbocycles. The van der Waals surface area contributed by atoms with Crippen molar-refractivity contribution in [2.45, 2.75) is 19.3 Å². The summed E-state index contributed by atoms with van der Waals surface area (Å²) in [6.07, 6.45) is 6.78. The maximum Gasteiger partial charge on any atom is 0.136 e. The minimum atomic E-state index is 0.746. The van der Waals surface area contributed by atoms with Gasteiger partial charge in [0.15, 0.2) is 0 Å². The third-order valence-corrected chi connectivity index (χ3v) is 3.12. The molecule has 0 atom stereocenters. The fraction of sp³-hybridized carbons (Fsp3) is 0.273. The van der Waals surface area contributed by atoms with Crippen molar-refractivity contribution < 1.29 is 0 Å². The summed E-state index contributed by atoms with van der Waals surface area (Å²) in [5, 5.41) is 5.25. The van der Waals surface area contributed by atoms with Gasteiger partial charge < -0.3 is 0 Å². The molecule has 0 unspecified atom stereocenters. The smallest absolute Gasteiger partial charge is 0.136 e. The van der Waals surface area contributed by atoms with Gasteiger partial charge >= 0.3 is 0 Å². The fourth-order valence-corrected chi connectivity index (χ4v) is 2.34. The zero-order chi connectivity index (χ0) is 10.3. The summed E-state index contributed by atoms with van der Waals surface area (Å²) in [6, 6.07) is 3.85. The second-order valence-electron chi connectivity index (χ2n) is 3.69. The lowest BCUT2D eigenvalue weighted by Crippen LogP contribution is -1.98. The molecule has 0 saturated heterocycles. The fourth-order valence-electron chi connectivity index (χ4n) is 2.00. The van der Waals surface area contributed by atoms with Crippen molar-refractivity contribution in [2.75, 3.05) is 0 Å². The Morgan fingerprint density at radius 3 is 3.00 bits per heavy atom. The average Bonchev–Trinajstić information content (AvgIpc) is 2.83. The number of aromatic nitrogens is 3. The Kier molecular flexibility index (Phi) is 1.99. The van der Waals surface area contributed by atoms with Gasteiger partial charge in [-0.25, -0.2) is 4.68 Å². The van der Waals surface area contributed by atoms with Gasteiger partial charge in [0.2, 0.25) is 0 Å². The second-order valence-corrected chi connectivity index (χ2v) is 4.05. The highest BCUT2D eigenvalue weighted by molar-refractivity contribution is 6.30. The minimum absolute atomic E-state index is 0.746. The van der Waals surface area contributed by atoms with E-state index < -0.39 is 0 Å². The van der Waals surface area contributed by atoms with E-state index in [2.05, 4.69) is 10.1 Å². The summed E-state index contributed by atoms with van der Waals surface area (Å²) in [5.41, 5.74) is 3.28. The van der Waals surface area contributed by atoms with E-state index in [1.165, 1.54) is 12.0 Å². The van der Waals surface area contributed by atoms with Crippen LogP contribution < -0.4 is 0 Å². The van der Waals surface area contributed by atoms with Crippen molar-refractivity contribution in [3.05, 3.63) is 40.9 Å². The highest BCUT2D eigenvalue weighted by Gasteiger charge is 2.21. The largest absolute Gasteiger partial charge is 0.262 e. The van der Waals surface area contributed by atoms with Crippen LogP contribution >= 0.6 is 11.6 Å². The second kappa shape index (κ2) is 3.35. The predicted molar refractivity (Wildman–Crippen MR) is 58.4 cm³/mol. The number of rotatable bonds is 1. The third kappa shape index (κ3) is 1.35. The first-order valence-corrected chi connectivity index (χ1v) is 5.41. The molecule has 0 amide bonds. The van der Waals surface area contributed by atoms with Gasteiger partial charge in [-0.3, -0.25) is 4.98 Å². The molecule has 2 heterocycles. The van der Waals surface area contributed by atoms with Crippen LogP contribution in [0.5, 0.6) is 0 Å². The van der Waals surface area contributed by atoms with Crippen molar-refractivity contribution in [1.82, 2.24) is 14.8 Å². The van der Waals surface area contributed by atoms with Crippen molar-refractivity contribution in [1.29, 1.82) is 0 Å². The molecule has 1 aliphatic carbocycles. The maximum atomic E-state index is 6.28. The molecule has 0 radical (unpaired) electrons. The van der Waals surface area contributed by atoms with E-state index >= 15 is 0 Å². The van der Waals surface area contributed by atoms with E-state index in [-0.39, 0.29) is 0 Å². The van der Waals surface area contributed by atoms with Gasteiger partial charge in [-0.1, -0.05) is 11.6 Å². The Balaban J connectivity index is 2.14. The third-order valence-electron chi connectivity index (χ3n) is 2.73. The molecule has 0 bridgehead atoms. The summed E-state index contributed by atoms with van der Waals surface area (Å²) in [5.74, 6) is 0. The van der Waals surface area contributed by atoms with Crippen LogP contribution in [0.2, 0.25) is 5.15 Å². The van der Waals surface area contributed by atoms with E-state index in [1.807, 2.05) is 12.1 Å². The van der Waals surface area contributed by atoms with Gasteiger partial charge in [0.05, 0.1) is 17.6 Å². The van der Waals surface area contributed by atoms with E-state index in [1.54, 1.807) is 17.1 Å². The zero-order valence-electron chi connectivity index (χ0n) is 8.15. The minimum Gasteiger partial charge on any atom is -0.262 e. The number of pyridine rings is 1. The highest BCUT2D eigenvalue weighted by Crippen LogP contribution is 2.29. The van der Waals surface area contributed by atoms with Crippen LogP contribution in [0.3, 0.4) is 0 Å². The molecule has 2 aromatic heterocycles. The molecule has 4 heteroatoms. The SMILES string of the molecule is Clc1c2c(nn1-c1cccnc1)CCC2. The number of hydrogen-bond acceptors (Lipinski definition) is 2. The van der Waals surface area contributed by atoms with Crippen molar-refractivity contribution in [2.24, 2.45) is 0 Å². The number of nitrogens with zero attached hydrogens (tertiary/aromatic N) is 3. The molecule has 2 aromatic rings. The van der Waals surface area contributed by atoms with Crippen LogP contribution in [0.25, 0.3) is 5.69 Å². The van der Waals surface area contributed by atoms with Gasteiger partial charge in [-0.05, 0) is 31.4 Å². The molecular weight excluding hydrogens is 210 g/mol. The maximum absolute atomic E-state index is 6.28. The number of aryl methyl sites for hydroxylation is 1. The molecule has 76 valence electrons. The van der Waals surface area contributed by atoms with E-state index in [4.69, 9.17) is 11.6 Å². The molecular formula is C11H10ClN3. The van der Waals surface area contributed by atoms with Crippen LogP contribution in [-0.4, -0.2) is 14.8 Å². The average molecular weight is 220 g/mol. The Bertz CT molecular complexity index is 490. The summed E-state index contributed by atoms with van der Waals surface area (Å²) >= 11 is 6.28. The van der Waals surface area contributed by atoms with E-state index in [0.29, 0.717) is 0 Å². The summed E-state index contributed by atoms with van der Waals surface area (Å²) < 4.78 is 1.78. The Morgan fingerprint density at radius 2 is 2.27 bits per heavy atom. The first-order valence-electron chi connectivity index (χ1n) is 5.03. The number of halogens is 1. The number of hydrogen-bond donors (Lipinski definition) is 0. The summed E-state index contributed by atoms with van der Waals surface area (Å²) in [7, 11) is 0. The zero-order valence-corrected chi connectivity index (χ0v) is 8.91. The lowest BCUT2D eigenvalue weighted by Gasteiger charge is -2.02. The molecule has 0 N–H and O–H groups in total. The quantitative estimate of drug-likeness (QED) is 0.738. The molecule has 3 nitrogen and oxygen atoms in total. The van der Waals surface area contributed by atoms with Gasteiger partial charge in [0.1, 0.15) is 5.15 Å². The molecule has 0 fully saturated rings. The highest BCUT2D eigenvalue weighted by atomic mass is 35.5. The standard InChI is InChI=1S/C11H10ClN3/c12-11-9-4-1-5-10(9)14-15(11)8-3-2-6-13-7-8/h2-3,6-7H,1,4-5H2. The first kappa shape index (κ1) is 8.92. The molecule has 0 aliphatic heterocycles. The molecule has 0 aromatic carbocycles. The van der Waals surface area contributed by atoms with Crippen LogP contribution in [-0.2, 0) is 12.8 Å². The normalized spacial score (nSPS) is 14.2. The topological polar surface area (TPSA) is 30.7 Å². The Hall–Kier alpha value is -1.35. The van der Waals surface area contributed by atoms with Gasteiger partial charge in [-0.15, -0.1) is 0 Å². The molecule has 3 rings (SSSR count). The van der Waals surface area contributed by atoms with Gasteiger partial charge in [0, 0.05) is 11.8 Å². The van der Waals surface area contributed by atoms with Crippen molar-refractivity contribution >= 4 is 11.6 Å². The first-order chi connectivity index (χ1) is 7.36. The predicted octanol–water partition coefficient (Wildman–Crippen LogP) is 2.41. The van der Waals surface area contributed by atoms with Gasteiger partial charge in [-0.2, -0.15) is 5.10 Å². The van der Waals surface area contributed by atoms with Crippen LogP contribution in [0.4, 0.5) is 0 Å². The molecule has 1 aliphatic rings. The van der Waals surface area contributed by atoms with Crippen molar-refractivity contribution in [3.8, 4) is 5.69 Å². The lowest BCUT2D eigenvalue weighted by molar-refractivity contribution is 0.799. The summed E-state index contributed by atoms with van der Waals surface area (Å²) in [4.78, 5) is 4.07. The van der Waals surface area contributed by atoms with E-state index in [0.717, 1.165) is 29.4 Å². The van der Waals surface area contributed by atoms with Crippen LogP contribution in [0.15, 0.2) is 24.5 Å². The van der Waals surface area contributed by atoms with Gasteiger partial charge in [0.25, 0.3) is 0 Å². The number of fused-ring (bicyclic) bond motifs is 1. The Labute approximate surface area is 92.7 Å².